The number of carbonyl (C=O) groups is 4. The van der Waals surface area contributed by atoms with Gasteiger partial charge in [-0.25, -0.2) is 19.6 Å². The summed E-state index contributed by atoms with van der Waals surface area (Å²) >= 11 is 3.30. The number of hydrogen-bond acceptors (Lipinski definition) is 14. The number of likely N-dealkylation sites (tertiary alicyclic amines) is 2. The molecule has 19 heteroatoms. The minimum atomic E-state index is -0.484. The lowest BCUT2D eigenvalue weighted by Gasteiger charge is -2.38. The van der Waals surface area contributed by atoms with Gasteiger partial charge in [0.05, 0.1) is 90.2 Å². The van der Waals surface area contributed by atoms with Crippen LogP contribution in [0, 0.1) is 6.92 Å². The molecule has 2 aliphatic rings. The maximum absolute atomic E-state index is 13.5. The molecule has 0 radical (unpaired) electrons. The van der Waals surface area contributed by atoms with Gasteiger partial charge in [-0.1, -0.05) is 24.3 Å². The van der Waals surface area contributed by atoms with E-state index in [4.69, 9.17) is 18.9 Å². The number of aryl methyl sites for hydroxylation is 1. The number of piperidine rings is 2. The minimum absolute atomic E-state index is 0.0458. The molecule has 2 amide bonds. The highest BCUT2D eigenvalue weighted by atomic mass is 79.9. The van der Waals surface area contributed by atoms with Crippen LogP contribution < -0.4 is 9.47 Å². The lowest BCUT2D eigenvalue weighted by Crippen LogP contribution is -2.49. The molecule has 0 N–H and O–H groups in total. The summed E-state index contributed by atoms with van der Waals surface area (Å²) in [5, 5.41) is 16.7. The van der Waals surface area contributed by atoms with Gasteiger partial charge in [0.15, 0.2) is 0 Å². The van der Waals surface area contributed by atoms with Crippen LogP contribution in [0.2, 0.25) is 0 Å². The Labute approximate surface area is 377 Å². The van der Waals surface area contributed by atoms with Crippen molar-refractivity contribution in [2.24, 2.45) is 0 Å². The monoisotopic (exact) mass is 934 g/mol. The van der Waals surface area contributed by atoms with E-state index in [9.17, 15) is 19.2 Å². The molecule has 0 spiro atoms. The zero-order chi connectivity index (χ0) is 45.3. The van der Waals surface area contributed by atoms with Crippen LogP contribution in [0.3, 0.4) is 0 Å². The molecule has 2 saturated heterocycles. The SMILES string of the molecule is COC(=O)c1cc(O[C@@H]2CC[C@@H](C)N(C(=O)c3ccccc3-n3nccn3)C2)ncc1Br.COC(=O)c1cc(O[C@@H]2CC[C@@H](C)N(C(=O)c3ccccc3-n3nccn3)C2)ncc1C. The van der Waals surface area contributed by atoms with Crippen molar-refractivity contribution in [3.63, 3.8) is 0 Å². The van der Waals surface area contributed by atoms with E-state index in [0.29, 0.717) is 68.5 Å². The highest BCUT2D eigenvalue weighted by Crippen LogP contribution is 2.28. The van der Waals surface area contributed by atoms with Crippen molar-refractivity contribution >= 4 is 39.7 Å². The summed E-state index contributed by atoms with van der Waals surface area (Å²) in [5.41, 5.74) is 3.74. The molecule has 6 aromatic rings. The van der Waals surface area contributed by atoms with Crippen LogP contribution in [-0.4, -0.2) is 125 Å². The lowest BCUT2D eigenvalue weighted by atomic mass is 9.99. The third-order valence-corrected chi connectivity index (χ3v) is 11.7. The van der Waals surface area contributed by atoms with Gasteiger partial charge in [0.25, 0.3) is 11.8 Å². The van der Waals surface area contributed by atoms with E-state index < -0.39 is 11.9 Å². The van der Waals surface area contributed by atoms with Crippen LogP contribution in [0.15, 0.2) is 102 Å². The van der Waals surface area contributed by atoms with Crippen LogP contribution >= 0.6 is 15.9 Å². The van der Waals surface area contributed by atoms with Crippen molar-refractivity contribution in [2.75, 3.05) is 27.3 Å². The van der Waals surface area contributed by atoms with E-state index in [0.717, 1.165) is 25.7 Å². The Morgan fingerprint density at radius 2 is 1.02 bits per heavy atom. The van der Waals surface area contributed by atoms with E-state index in [1.54, 1.807) is 67.1 Å². The van der Waals surface area contributed by atoms with Crippen molar-refractivity contribution in [1.29, 1.82) is 0 Å². The third-order valence-electron chi connectivity index (χ3n) is 11.0. The van der Waals surface area contributed by atoms with Gasteiger partial charge in [-0.2, -0.15) is 30.0 Å². The normalized spacial score (nSPS) is 18.3. The van der Waals surface area contributed by atoms with Gasteiger partial charge in [0, 0.05) is 36.6 Å². The Morgan fingerprint density at radius 3 is 1.48 bits per heavy atom. The summed E-state index contributed by atoms with van der Waals surface area (Å²) in [7, 11) is 2.66. The van der Waals surface area contributed by atoms with Gasteiger partial charge < -0.3 is 28.7 Å². The standard InChI is InChI=1S/C23H25N5O4.C22H22BrN5O4/c1-15-13-24-21(12-19(15)23(30)31-3)32-17-9-8-16(2)27(14-17)22(29)18-6-4-5-7-20(18)28-25-10-11-26-28;1-14-7-8-15(32-20-11-17(22(30)31-2)18(23)12-24-20)13-27(14)21(29)16-5-3-4-6-19(16)28-25-9-10-26-28/h4-7,10-13,16-17H,8-9,14H2,1-3H3;3-6,9-12,14-15H,7-8,13H2,1-2H3/t16-,17-;14-,15-/m11/s1. The molecule has 4 atom stereocenters. The Balaban J connectivity index is 0.000000191. The Morgan fingerprint density at radius 1 is 0.594 bits per heavy atom. The molecule has 0 unspecified atom stereocenters. The number of nitrogens with zero attached hydrogens (tertiary/aromatic N) is 10. The van der Waals surface area contributed by atoms with E-state index in [-0.39, 0.29) is 36.1 Å². The topological polar surface area (TPSA) is 199 Å². The van der Waals surface area contributed by atoms with Gasteiger partial charge in [-0.3, -0.25) is 9.59 Å². The fourth-order valence-electron chi connectivity index (χ4n) is 7.54. The molecule has 332 valence electrons. The van der Waals surface area contributed by atoms with Crippen LogP contribution in [0.5, 0.6) is 11.8 Å². The van der Waals surface area contributed by atoms with Crippen LogP contribution in [-0.2, 0) is 9.47 Å². The molecule has 64 heavy (non-hydrogen) atoms. The molecule has 0 aliphatic carbocycles. The fraction of sp³-hybridized carbons (Fsp3) is 0.333. The van der Waals surface area contributed by atoms with Gasteiger partial charge in [0.2, 0.25) is 11.8 Å². The number of esters is 2. The number of aromatic nitrogens is 8. The van der Waals surface area contributed by atoms with Gasteiger partial charge >= 0.3 is 11.9 Å². The molecule has 2 aliphatic heterocycles. The number of carbonyl (C=O) groups excluding carboxylic acids is 4. The molecular formula is C45H47BrN10O8. The second-order valence-electron chi connectivity index (χ2n) is 15.2. The first-order valence-corrected chi connectivity index (χ1v) is 21.4. The van der Waals surface area contributed by atoms with Gasteiger partial charge in [-0.15, -0.1) is 0 Å². The zero-order valence-corrected chi connectivity index (χ0v) is 37.5. The van der Waals surface area contributed by atoms with E-state index in [1.165, 1.54) is 30.0 Å². The highest BCUT2D eigenvalue weighted by molar-refractivity contribution is 9.10. The molecule has 2 aromatic carbocycles. The summed E-state index contributed by atoms with van der Waals surface area (Å²) in [5.74, 6) is -0.496. The number of amides is 2. The summed E-state index contributed by atoms with van der Waals surface area (Å²) < 4.78 is 22.3. The summed E-state index contributed by atoms with van der Waals surface area (Å²) in [6, 6.07) is 17.8. The average Bonchev–Trinajstić information content (AvgIpc) is 4.07. The van der Waals surface area contributed by atoms with Crippen LogP contribution in [0.4, 0.5) is 0 Å². The smallest absolute Gasteiger partial charge is 0.339 e. The number of rotatable bonds is 10. The quantitative estimate of drug-likeness (QED) is 0.143. The summed E-state index contributed by atoms with van der Waals surface area (Å²) in [4.78, 5) is 65.9. The van der Waals surface area contributed by atoms with Gasteiger partial charge in [0.1, 0.15) is 12.2 Å². The zero-order valence-electron chi connectivity index (χ0n) is 35.9. The number of methoxy groups -OCH3 is 2. The second-order valence-corrected chi connectivity index (χ2v) is 16.1. The predicted molar refractivity (Wildman–Crippen MR) is 235 cm³/mol. The molecule has 2 fully saturated rings. The molecule has 6 heterocycles. The predicted octanol–water partition coefficient (Wildman–Crippen LogP) is 6.11. The van der Waals surface area contributed by atoms with E-state index in [1.807, 2.05) is 55.1 Å². The minimum Gasteiger partial charge on any atom is -0.472 e. The summed E-state index contributed by atoms with van der Waals surface area (Å²) in [6.07, 6.45) is 12.0. The Hall–Kier alpha value is -7.02. The molecule has 18 nitrogen and oxygen atoms in total. The third kappa shape index (κ3) is 10.3. The second kappa shape index (κ2) is 20.4. The van der Waals surface area contributed by atoms with Crippen molar-refractivity contribution in [1.82, 2.24) is 49.8 Å². The molecule has 0 bridgehead atoms. The van der Waals surface area contributed by atoms with Crippen molar-refractivity contribution in [3.8, 4) is 23.1 Å². The van der Waals surface area contributed by atoms with Gasteiger partial charge in [-0.05, 0) is 92.2 Å². The first-order valence-electron chi connectivity index (χ1n) is 20.6. The molecule has 4 aromatic heterocycles. The largest absolute Gasteiger partial charge is 0.472 e. The number of hydrogen-bond donors (Lipinski definition) is 0. The first-order chi connectivity index (χ1) is 30.9. The van der Waals surface area contributed by atoms with Crippen LogP contribution in [0.25, 0.3) is 11.4 Å². The highest BCUT2D eigenvalue weighted by Gasteiger charge is 2.34. The molecule has 0 saturated carbocycles. The maximum Gasteiger partial charge on any atom is 0.339 e. The number of ether oxygens (including phenoxy) is 4. The summed E-state index contributed by atoms with van der Waals surface area (Å²) in [6.45, 7) is 6.65. The van der Waals surface area contributed by atoms with E-state index in [2.05, 4.69) is 46.3 Å². The number of pyridine rings is 2. The van der Waals surface area contributed by atoms with Crippen molar-refractivity contribution < 1.29 is 38.1 Å². The Kier molecular flexibility index (Phi) is 14.4. The van der Waals surface area contributed by atoms with Crippen molar-refractivity contribution in [2.45, 2.75) is 70.7 Å². The number of para-hydroxylation sites is 2. The van der Waals surface area contributed by atoms with E-state index >= 15 is 0 Å². The van der Waals surface area contributed by atoms with Crippen molar-refractivity contribution in [3.05, 3.63) is 130 Å². The molecule has 8 rings (SSSR count). The van der Waals surface area contributed by atoms with Crippen LogP contribution in [0.1, 0.15) is 86.5 Å². The first kappa shape index (κ1) is 45.0. The fourth-order valence-corrected chi connectivity index (χ4v) is 7.92. The lowest BCUT2D eigenvalue weighted by molar-refractivity contribution is 0.0369. The number of benzene rings is 2. The number of halogens is 1. The average molecular weight is 936 g/mol. The Bertz CT molecular complexity index is 2410. The molecular weight excluding hydrogens is 888 g/mol. The maximum atomic E-state index is 13.5.